The number of thioether (sulfide) groups is 1. The Morgan fingerprint density at radius 3 is 2.82 bits per heavy atom. The molecule has 1 amide bonds. The monoisotopic (exact) mass is 396 g/mol. The molecule has 0 saturated heterocycles. The Kier molecular flexibility index (Phi) is 4.82. The summed E-state index contributed by atoms with van der Waals surface area (Å²) >= 11 is 1.53. The molecule has 0 saturated carbocycles. The van der Waals surface area contributed by atoms with E-state index < -0.39 is 5.82 Å². The van der Waals surface area contributed by atoms with E-state index in [4.69, 9.17) is 0 Å². The van der Waals surface area contributed by atoms with Crippen LogP contribution in [0.3, 0.4) is 0 Å². The summed E-state index contributed by atoms with van der Waals surface area (Å²) in [5, 5.41) is 3.68. The Morgan fingerprint density at radius 2 is 2.04 bits per heavy atom. The fourth-order valence-corrected chi connectivity index (χ4v) is 3.45. The largest absolute Gasteiger partial charge is 0.346 e. The minimum absolute atomic E-state index is 0.244. The third-order valence-corrected chi connectivity index (χ3v) is 5.14. The Labute approximate surface area is 164 Å². The molecule has 0 unspecified atom stereocenters. The summed E-state index contributed by atoms with van der Waals surface area (Å²) < 4.78 is 17.8. The lowest BCUT2D eigenvalue weighted by molar-refractivity contribution is 0.0949. The Morgan fingerprint density at radius 1 is 1.18 bits per heavy atom. The van der Waals surface area contributed by atoms with E-state index in [0.29, 0.717) is 23.4 Å². The zero-order valence-electron chi connectivity index (χ0n) is 15.3. The third kappa shape index (κ3) is 3.48. The van der Waals surface area contributed by atoms with Gasteiger partial charge in [0.1, 0.15) is 5.82 Å². The van der Waals surface area contributed by atoms with Crippen LogP contribution in [0.4, 0.5) is 4.39 Å². The number of rotatable bonds is 5. The SMILES string of the molecule is CSc1ncc(CNC(=O)c2cc(F)cc(-c3cnc4nccn4c3)c2)n1C. The fraction of sp³-hybridized carbons (Fsp3) is 0.158. The molecule has 0 spiro atoms. The number of halogens is 1. The average Bonchev–Trinajstić information content (AvgIpc) is 3.31. The van der Waals surface area contributed by atoms with Crippen molar-refractivity contribution < 1.29 is 9.18 Å². The molecule has 4 aromatic rings. The number of imidazole rings is 2. The first kappa shape index (κ1) is 18.2. The molecule has 142 valence electrons. The summed E-state index contributed by atoms with van der Waals surface area (Å²) in [5.41, 5.74) is 2.37. The number of nitrogens with one attached hydrogen (secondary N) is 1. The number of hydrogen-bond acceptors (Lipinski definition) is 5. The molecule has 0 fully saturated rings. The van der Waals surface area contributed by atoms with Gasteiger partial charge in [0.05, 0.1) is 18.4 Å². The Hall–Kier alpha value is -3.20. The fourth-order valence-electron chi connectivity index (χ4n) is 2.91. The number of fused-ring (bicyclic) bond motifs is 1. The van der Waals surface area contributed by atoms with Gasteiger partial charge in [0.15, 0.2) is 5.16 Å². The van der Waals surface area contributed by atoms with E-state index in [1.165, 1.54) is 23.9 Å². The van der Waals surface area contributed by atoms with Gasteiger partial charge in [0.25, 0.3) is 5.91 Å². The first-order valence-corrected chi connectivity index (χ1v) is 9.70. The molecular formula is C19H17FN6OS. The van der Waals surface area contributed by atoms with E-state index in [9.17, 15) is 9.18 Å². The van der Waals surface area contributed by atoms with Crippen LogP contribution in [0.2, 0.25) is 0 Å². The number of hydrogen-bond donors (Lipinski definition) is 1. The number of carbonyl (C=O) groups excluding carboxylic acids is 1. The molecule has 3 heterocycles. The van der Waals surface area contributed by atoms with Gasteiger partial charge in [-0.15, -0.1) is 0 Å². The molecule has 28 heavy (non-hydrogen) atoms. The van der Waals surface area contributed by atoms with E-state index >= 15 is 0 Å². The lowest BCUT2D eigenvalue weighted by atomic mass is 10.0. The molecule has 9 heteroatoms. The molecule has 0 aliphatic heterocycles. The van der Waals surface area contributed by atoms with Crippen molar-refractivity contribution in [3.8, 4) is 11.1 Å². The molecule has 0 atom stereocenters. The lowest BCUT2D eigenvalue weighted by Gasteiger charge is -2.09. The molecule has 0 bridgehead atoms. The minimum atomic E-state index is -0.487. The summed E-state index contributed by atoms with van der Waals surface area (Å²) in [6, 6.07) is 4.25. The van der Waals surface area contributed by atoms with Crippen LogP contribution in [-0.2, 0) is 13.6 Å². The zero-order valence-corrected chi connectivity index (χ0v) is 16.1. The first-order chi connectivity index (χ1) is 13.5. The Bertz CT molecular complexity index is 1170. The molecular weight excluding hydrogens is 379 g/mol. The normalized spacial score (nSPS) is 11.1. The lowest BCUT2D eigenvalue weighted by Crippen LogP contribution is -2.24. The molecule has 3 aromatic heterocycles. The van der Waals surface area contributed by atoms with Crippen molar-refractivity contribution >= 4 is 23.4 Å². The number of amides is 1. The highest BCUT2D eigenvalue weighted by atomic mass is 32.2. The van der Waals surface area contributed by atoms with Crippen LogP contribution in [-0.4, -0.2) is 36.1 Å². The third-order valence-electron chi connectivity index (χ3n) is 4.39. The minimum Gasteiger partial charge on any atom is -0.346 e. The van der Waals surface area contributed by atoms with E-state index in [2.05, 4.69) is 20.3 Å². The molecule has 0 radical (unpaired) electrons. The van der Waals surface area contributed by atoms with E-state index in [0.717, 1.165) is 10.9 Å². The number of carbonyl (C=O) groups is 1. The van der Waals surface area contributed by atoms with Crippen LogP contribution in [0.25, 0.3) is 16.9 Å². The number of benzene rings is 1. The van der Waals surface area contributed by atoms with E-state index in [1.807, 2.05) is 17.9 Å². The van der Waals surface area contributed by atoms with Gasteiger partial charge in [0, 0.05) is 43.0 Å². The van der Waals surface area contributed by atoms with Crippen LogP contribution >= 0.6 is 11.8 Å². The van der Waals surface area contributed by atoms with E-state index in [-0.39, 0.29) is 11.5 Å². The maximum Gasteiger partial charge on any atom is 0.251 e. The van der Waals surface area contributed by atoms with Crippen LogP contribution < -0.4 is 5.32 Å². The predicted molar refractivity (Wildman–Crippen MR) is 105 cm³/mol. The van der Waals surface area contributed by atoms with Gasteiger partial charge < -0.3 is 9.88 Å². The standard InChI is InChI=1S/C19H17FN6OS/c1-25-16(10-24-19(25)28-2)9-22-17(27)13-5-12(6-15(20)7-13)14-8-23-18-21-3-4-26(18)11-14/h3-8,10-11H,9H2,1-2H3,(H,22,27). The molecule has 1 N–H and O–H groups in total. The summed E-state index contributed by atoms with van der Waals surface area (Å²) in [4.78, 5) is 25.2. The van der Waals surface area contributed by atoms with Crippen molar-refractivity contribution in [2.45, 2.75) is 11.7 Å². The van der Waals surface area contributed by atoms with Crippen molar-refractivity contribution in [2.75, 3.05) is 6.26 Å². The summed E-state index contributed by atoms with van der Waals surface area (Å²) in [6.07, 6.45) is 10.5. The number of aromatic nitrogens is 5. The van der Waals surface area contributed by atoms with Gasteiger partial charge in [-0.05, 0) is 30.0 Å². The van der Waals surface area contributed by atoms with Crippen molar-refractivity contribution in [1.82, 2.24) is 29.2 Å². The second-order valence-electron chi connectivity index (χ2n) is 6.18. The highest BCUT2D eigenvalue weighted by molar-refractivity contribution is 7.98. The van der Waals surface area contributed by atoms with Gasteiger partial charge in [-0.1, -0.05) is 11.8 Å². The Balaban J connectivity index is 1.57. The van der Waals surface area contributed by atoms with E-state index in [1.54, 1.807) is 41.5 Å². The smallest absolute Gasteiger partial charge is 0.251 e. The quantitative estimate of drug-likeness (QED) is 0.525. The second kappa shape index (κ2) is 7.43. The molecule has 7 nitrogen and oxygen atoms in total. The molecule has 0 aliphatic carbocycles. The summed E-state index contributed by atoms with van der Waals surface area (Å²) in [6.45, 7) is 0.303. The van der Waals surface area contributed by atoms with Crippen LogP contribution in [0, 0.1) is 5.82 Å². The topological polar surface area (TPSA) is 77.1 Å². The van der Waals surface area contributed by atoms with Gasteiger partial charge in [-0.25, -0.2) is 19.3 Å². The second-order valence-corrected chi connectivity index (χ2v) is 6.96. The summed E-state index contributed by atoms with van der Waals surface area (Å²) in [5.74, 6) is -0.290. The molecule has 0 aliphatic rings. The van der Waals surface area contributed by atoms with Gasteiger partial charge in [-0.3, -0.25) is 9.20 Å². The maximum absolute atomic E-state index is 14.2. The van der Waals surface area contributed by atoms with Gasteiger partial charge in [0.2, 0.25) is 5.78 Å². The average molecular weight is 396 g/mol. The van der Waals surface area contributed by atoms with Crippen LogP contribution in [0.1, 0.15) is 16.1 Å². The first-order valence-electron chi connectivity index (χ1n) is 8.47. The van der Waals surface area contributed by atoms with Crippen molar-refractivity contribution in [3.05, 3.63) is 66.3 Å². The molecule has 4 rings (SSSR count). The maximum atomic E-state index is 14.2. The van der Waals surface area contributed by atoms with Gasteiger partial charge >= 0.3 is 0 Å². The summed E-state index contributed by atoms with van der Waals surface area (Å²) in [7, 11) is 1.89. The van der Waals surface area contributed by atoms with Crippen molar-refractivity contribution in [2.24, 2.45) is 7.05 Å². The predicted octanol–water partition coefficient (Wildman–Crippen LogP) is 2.92. The highest BCUT2D eigenvalue weighted by Crippen LogP contribution is 2.22. The zero-order chi connectivity index (χ0) is 19.7. The number of nitrogens with zero attached hydrogens (tertiary/aromatic N) is 5. The van der Waals surface area contributed by atoms with Crippen molar-refractivity contribution in [3.63, 3.8) is 0 Å². The molecule has 1 aromatic carbocycles. The highest BCUT2D eigenvalue weighted by Gasteiger charge is 2.12. The van der Waals surface area contributed by atoms with Gasteiger partial charge in [-0.2, -0.15) is 0 Å². The van der Waals surface area contributed by atoms with Crippen LogP contribution in [0.5, 0.6) is 0 Å². The van der Waals surface area contributed by atoms with Crippen LogP contribution in [0.15, 0.2) is 54.3 Å². The van der Waals surface area contributed by atoms with Crippen molar-refractivity contribution in [1.29, 1.82) is 0 Å².